The lowest BCUT2D eigenvalue weighted by Gasteiger charge is -2.13. The monoisotopic (exact) mass is 276 g/mol. The number of carbonyl (C=O) groups is 1. The number of hydrogen-bond acceptors (Lipinski definition) is 4. The third-order valence-electron chi connectivity index (χ3n) is 2.53. The number of nitrogens with one attached hydrogen (secondary N) is 1. The fraction of sp³-hybridized carbons (Fsp3) is 0.400. The van der Waals surface area contributed by atoms with E-state index in [1.807, 2.05) is 19.1 Å². The number of nitrogens with two attached hydrogens (primary N) is 1. The molecule has 0 radical (unpaired) electrons. The number of benzene rings is 1. The van der Waals surface area contributed by atoms with Crippen molar-refractivity contribution in [1.29, 1.82) is 0 Å². The van der Waals surface area contributed by atoms with Gasteiger partial charge >= 0.3 is 0 Å². The fourth-order valence-corrected chi connectivity index (χ4v) is 1.68. The van der Waals surface area contributed by atoms with Crippen molar-refractivity contribution in [2.45, 2.75) is 19.4 Å². The Kier molecular flexibility index (Phi) is 6.41. The van der Waals surface area contributed by atoms with Crippen molar-refractivity contribution in [3.8, 4) is 23.8 Å². The molecule has 3 N–H and O–H groups in total. The van der Waals surface area contributed by atoms with Crippen LogP contribution < -0.4 is 20.5 Å². The Bertz CT molecular complexity index is 492. The third kappa shape index (κ3) is 5.21. The molecule has 0 saturated carbocycles. The van der Waals surface area contributed by atoms with Crippen molar-refractivity contribution in [2.75, 3.05) is 20.3 Å². The summed E-state index contributed by atoms with van der Waals surface area (Å²) in [5.74, 6) is 3.14. The maximum Gasteiger partial charge on any atom is 0.258 e. The molecule has 0 aromatic heterocycles. The molecule has 20 heavy (non-hydrogen) atoms. The molecule has 1 rings (SSSR count). The van der Waals surface area contributed by atoms with Gasteiger partial charge in [0.2, 0.25) is 0 Å². The fourth-order valence-electron chi connectivity index (χ4n) is 1.68. The molecule has 5 heteroatoms. The van der Waals surface area contributed by atoms with E-state index < -0.39 is 0 Å². The van der Waals surface area contributed by atoms with Crippen molar-refractivity contribution in [1.82, 2.24) is 5.32 Å². The van der Waals surface area contributed by atoms with E-state index in [1.54, 1.807) is 13.2 Å². The van der Waals surface area contributed by atoms with E-state index in [4.69, 9.17) is 21.6 Å². The van der Waals surface area contributed by atoms with E-state index in [9.17, 15) is 4.79 Å². The number of terminal acetylenes is 1. The summed E-state index contributed by atoms with van der Waals surface area (Å²) in [6.07, 6.45) is 5.78. The Morgan fingerprint density at radius 2 is 2.25 bits per heavy atom. The molecule has 0 aliphatic carbocycles. The third-order valence-corrected chi connectivity index (χ3v) is 2.53. The number of ether oxygens (including phenoxy) is 2. The molecule has 1 aromatic carbocycles. The first-order valence-electron chi connectivity index (χ1n) is 6.32. The Hall–Kier alpha value is -2.19. The van der Waals surface area contributed by atoms with E-state index in [2.05, 4.69) is 11.2 Å². The average Bonchev–Trinajstić information content (AvgIpc) is 2.42. The molecule has 0 spiro atoms. The van der Waals surface area contributed by atoms with Gasteiger partial charge in [-0.1, -0.05) is 12.0 Å². The van der Waals surface area contributed by atoms with E-state index in [-0.39, 0.29) is 25.1 Å². The summed E-state index contributed by atoms with van der Waals surface area (Å²) < 4.78 is 10.7. The zero-order chi connectivity index (χ0) is 15.0. The largest absolute Gasteiger partial charge is 0.493 e. The highest BCUT2D eigenvalue weighted by Crippen LogP contribution is 2.28. The van der Waals surface area contributed by atoms with Crippen LogP contribution in [-0.2, 0) is 11.2 Å². The van der Waals surface area contributed by atoms with Gasteiger partial charge < -0.3 is 20.5 Å². The van der Waals surface area contributed by atoms with Crippen LogP contribution in [0.15, 0.2) is 18.2 Å². The normalized spacial score (nSPS) is 11.3. The summed E-state index contributed by atoms with van der Waals surface area (Å²) in [4.78, 5) is 11.4. The molecule has 0 aliphatic rings. The Labute approximate surface area is 119 Å². The second kappa shape index (κ2) is 8.08. The zero-order valence-electron chi connectivity index (χ0n) is 11.8. The van der Waals surface area contributed by atoms with Crippen molar-refractivity contribution in [2.24, 2.45) is 5.73 Å². The number of hydrogen-bond donors (Lipinski definition) is 2. The van der Waals surface area contributed by atoms with Gasteiger partial charge in [-0.2, -0.15) is 0 Å². The predicted molar refractivity (Wildman–Crippen MR) is 77.7 cm³/mol. The van der Waals surface area contributed by atoms with Gasteiger partial charge in [-0.05, 0) is 31.0 Å². The lowest BCUT2D eigenvalue weighted by molar-refractivity contribution is -0.122. The maximum atomic E-state index is 11.4. The minimum Gasteiger partial charge on any atom is -0.493 e. The number of carbonyl (C=O) groups excluding carboxylic acids is 1. The van der Waals surface area contributed by atoms with Crippen LogP contribution in [0, 0.1) is 12.3 Å². The van der Waals surface area contributed by atoms with Gasteiger partial charge in [0.15, 0.2) is 18.1 Å². The second-order valence-electron chi connectivity index (χ2n) is 4.44. The van der Waals surface area contributed by atoms with Crippen LogP contribution in [-0.4, -0.2) is 32.2 Å². The highest BCUT2D eigenvalue weighted by molar-refractivity contribution is 5.77. The number of rotatable bonds is 7. The highest BCUT2D eigenvalue weighted by Gasteiger charge is 2.09. The van der Waals surface area contributed by atoms with E-state index in [0.717, 1.165) is 12.0 Å². The van der Waals surface area contributed by atoms with Crippen LogP contribution in [0.4, 0.5) is 0 Å². The van der Waals surface area contributed by atoms with Crippen LogP contribution in [0.1, 0.15) is 12.5 Å². The Morgan fingerprint density at radius 1 is 1.50 bits per heavy atom. The van der Waals surface area contributed by atoms with Gasteiger partial charge in [0, 0.05) is 6.04 Å². The summed E-state index contributed by atoms with van der Waals surface area (Å²) in [5, 5.41) is 2.53. The topological polar surface area (TPSA) is 73.6 Å². The summed E-state index contributed by atoms with van der Waals surface area (Å²) >= 11 is 0. The van der Waals surface area contributed by atoms with E-state index in [0.29, 0.717) is 11.5 Å². The SMILES string of the molecule is C#CCNC(=O)COc1cc(CC(C)N)ccc1OC. The van der Waals surface area contributed by atoms with Crippen LogP contribution in [0.5, 0.6) is 11.5 Å². The Balaban J connectivity index is 2.71. The molecule has 5 nitrogen and oxygen atoms in total. The smallest absolute Gasteiger partial charge is 0.258 e. The van der Waals surface area contributed by atoms with Crippen LogP contribution in [0.2, 0.25) is 0 Å². The summed E-state index contributed by atoms with van der Waals surface area (Å²) in [5.41, 5.74) is 6.79. The minimum absolute atomic E-state index is 0.0511. The van der Waals surface area contributed by atoms with Crippen molar-refractivity contribution in [3.63, 3.8) is 0 Å². The first-order chi connectivity index (χ1) is 9.56. The summed E-state index contributed by atoms with van der Waals surface area (Å²) in [6, 6.07) is 5.60. The lowest BCUT2D eigenvalue weighted by Crippen LogP contribution is -2.29. The molecule has 0 fully saturated rings. The zero-order valence-corrected chi connectivity index (χ0v) is 11.8. The molecule has 108 valence electrons. The molecular weight excluding hydrogens is 256 g/mol. The van der Waals surface area contributed by atoms with Crippen molar-refractivity contribution in [3.05, 3.63) is 23.8 Å². The maximum absolute atomic E-state index is 11.4. The van der Waals surface area contributed by atoms with Gasteiger partial charge in [-0.15, -0.1) is 6.42 Å². The standard InChI is InChI=1S/C15H20N2O3/c1-4-7-17-15(18)10-20-14-9-12(8-11(2)16)5-6-13(14)19-3/h1,5-6,9,11H,7-8,10,16H2,2-3H3,(H,17,18). The molecule has 1 unspecified atom stereocenters. The van der Waals surface area contributed by atoms with Gasteiger partial charge in [0.25, 0.3) is 5.91 Å². The molecule has 0 bridgehead atoms. The van der Waals surface area contributed by atoms with E-state index in [1.165, 1.54) is 0 Å². The van der Waals surface area contributed by atoms with Gasteiger partial charge in [-0.3, -0.25) is 4.79 Å². The highest BCUT2D eigenvalue weighted by atomic mass is 16.5. The van der Waals surface area contributed by atoms with Crippen LogP contribution in [0.25, 0.3) is 0 Å². The van der Waals surface area contributed by atoms with Gasteiger partial charge in [-0.25, -0.2) is 0 Å². The van der Waals surface area contributed by atoms with E-state index >= 15 is 0 Å². The second-order valence-corrected chi connectivity index (χ2v) is 4.44. The quantitative estimate of drug-likeness (QED) is 0.719. The summed E-state index contributed by atoms with van der Waals surface area (Å²) in [6.45, 7) is 2.00. The summed E-state index contributed by atoms with van der Waals surface area (Å²) in [7, 11) is 1.55. The first kappa shape index (κ1) is 15.9. The predicted octanol–water partition coefficient (Wildman–Crippen LogP) is 0.713. The minimum atomic E-state index is -0.275. The van der Waals surface area contributed by atoms with Gasteiger partial charge in [0.05, 0.1) is 13.7 Å². The molecule has 0 saturated heterocycles. The molecular formula is C15H20N2O3. The first-order valence-corrected chi connectivity index (χ1v) is 6.32. The lowest BCUT2D eigenvalue weighted by atomic mass is 10.1. The average molecular weight is 276 g/mol. The number of methoxy groups -OCH3 is 1. The van der Waals surface area contributed by atoms with Crippen LogP contribution in [0.3, 0.4) is 0 Å². The molecule has 1 amide bonds. The van der Waals surface area contributed by atoms with Gasteiger partial charge in [0.1, 0.15) is 0 Å². The molecule has 0 heterocycles. The molecule has 1 aromatic rings. The number of amides is 1. The van der Waals surface area contributed by atoms with Crippen LogP contribution >= 0.6 is 0 Å². The van der Waals surface area contributed by atoms with Crippen molar-refractivity contribution >= 4 is 5.91 Å². The molecule has 0 aliphatic heterocycles. The van der Waals surface area contributed by atoms with Crippen molar-refractivity contribution < 1.29 is 14.3 Å². The Morgan fingerprint density at radius 3 is 2.85 bits per heavy atom. The molecule has 1 atom stereocenters.